The van der Waals surface area contributed by atoms with E-state index in [4.69, 9.17) is 14.2 Å². The van der Waals surface area contributed by atoms with Crippen LogP contribution in [-0.2, 0) is 22.6 Å². The molecule has 7 heteroatoms. The third-order valence-electron chi connectivity index (χ3n) is 7.13. The summed E-state index contributed by atoms with van der Waals surface area (Å²) < 4.78 is 16.9. The van der Waals surface area contributed by atoms with Gasteiger partial charge in [0.1, 0.15) is 18.1 Å². The maximum atomic E-state index is 13.4. The Bertz CT molecular complexity index is 1550. The molecule has 1 aliphatic heterocycles. The number of aliphatic hydroxyl groups excluding tert-OH is 1. The van der Waals surface area contributed by atoms with Gasteiger partial charge in [0.25, 0.3) is 11.7 Å². The molecule has 0 aromatic heterocycles. The Kier molecular flexibility index (Phi) is 8.34. The van der Waals surface area contributed by atoms with Crippen molar-refractivity contribution in [1.29, 1.82) is 0 Å². The lowest BCUT2D eigenvalue weighted by Gasteiger charge is -2.26. The molecule has 1 heterocycles. The number of ketones is 1. The predicted molar refractivity (Wildman–Crippen MR) is 156 cm³/mol. The summed E-state index contributed by atoms with van der Waals surface area (Å²) in [6, 6.07) is 30.7. The molecule has 1 unspecified atom stereocenters. The number of carbonyl (C=O) groups excluding carboxylic acids is 2. The predicted octanol–water partition coefficient (Wildman–Crippen LogP) is 5.95. The number of aliphatic hydroxyl groups is 1. The molecule has 4 aromatic carbocycles. The molecule has 0 aliphatic carbocycles. The van der Waals surface area contributed by atoms with Gasteiger partial charge in [0.05, 0.1) is 25.8 Å². The van der Waals surface area contributed by atoms with Crippen LogP contribution in [0.2, 0.25) is 0 Å². The molecule has 1 N–H and O–H groups in total. The number of methoxy groups -OCH3 is 2. The second-order valence-electron chi connectivity index (χ2n) is 9.64. The first-order valence-electron chi connectivity index (χ1n) is 13.3. The molecule has 5 rings (SSSR count). The average Bonchev–Trinajstić information content (AvgIpc) is 3.28. The Hall–Kier alpha value is -5.04. The third kappa shape index (κ3) is 5.94. The number of hydrogen-bond donors (Lipinski definition) is 1. The van der Waals surface area contributed by atoms with Crippen LogP contribution in [-0.4, -0.2) is 42.5 Å². The summed E-state index contributed by atoms with van der Waals surface area (Å²) in [4.78, 5) is 28.4. The number of hydrogen-bond acceptors (Lipinski definition) is 6. The normalized spacial score (nSPS) is 16.0. The lowest BCUT2D eigenvalue weighted by atomic mass is 9.94. The highest BCUT2D eigenvalue weighted by molar-refractivity contribution is 6.46. The Balaban J connectivity index is 1.53. The van der Waals surface area contributed by atoms with Crippen LogP contribution in [0.3, 0.4) is 0 Å². The molecule has 1 fully saturated rings. The monoisotopic (exact) mass is 549 g/mol. The molecule has 1 atom stereocenters. The van der Waals surface area contributed by atoms with E-state index >= 15 is 0 Å². The number of rotatable bonds is 10. The van der Waals surface area contributed by atoms with Crippen molar-refractivity contribution < 1.29 is 28.9 Å². The topological polar surface area (TPSA) is 85.3 Å². The van der Waals surface area contributed by atoms with Crippen LogP contribution in [0.25, 0.3) is 5.76 Å². The van der Waals surface area contributed by atoms with E-state index in [-0.39, 0.29) is 17.9 Å². The van der Waals surface area contributed by atoms with Crippen molar-refractivity contribution >= 4 is 17.4 Å². The summed E-state index contributed by atoms with van der Waals surface area (Å²) in [6.07, 6.45) is 0.544. The van der Waals surface area contributed by atoms with Crippen molar-refractivity contribution in [1.82, 2.24) is 4.90 Å². The molecular formula is C34H31NO6. The van der Waals surface area contributed by atoms with Crippen LogP contribution >= 0.6 is 0 Å². The molecule has 0 saturated carbocycles. The van der Waals surface area contributed by atoms with Crippen LogP contribution < -0.4 is 14.2 Å². The zero-order chi connectivity index (χ0) is 28.8. The Labute approximate surface area is 239 Å². The lowest BCUT2D eigenvalue weighted by molar-refractivity contribution is -0.139. The zero-order valence-electron chi connectivity index (χ0n) is 22.9. The Morgan fingerprint density at radius 3 is 2.07 bits per heavy atom. The molecule has 1 saturated heterocycles. The van der Waals surface area contributed by atoms with E-state index in [0.29, 0.717) is 41.4 Å². The molecule has 41 heavy (non-hydrogen) atoms. The summed E-state index contributed by atoms with van der Waals surface area (Å²) in [5.74, 6) is -0.0593. The Morgan fingerprint density at radius 2 is 1.44 bits per heavy atom. The highest BCUT2D eigenvalue weighted by Gasteiger charge is 2.46. The zero-order valence-corrected chi connectivity index (χ0v) is 22.9. The van der Waals surface area contributed by atoms with Gasteiger partial charge in [0.15, 0.2) is 11.5 Å². The van der Waals surface area contributed by atoms with Gasteiger partial charge in [-0.05, 0) is 59.5 Å². The number of likely N-dealkylation sites (tertiary alicyclic amines) is 1. The molecule has 4 aromatic rings. The average molecular weight is 550 g/mol. The highest BCUT2D eigenvalue weighted by Crippen LogP contribution is 2.42. The summed E-state index contributed by atoms with van der Waals surface area (Å²) in [5, 5.41) is 11.4. The van der Waals surface area contributed by atoms with Gasteiger partial charge in [-0.3, -0.25) is 9.59 Å². The summed E-state index contributed by atoms with van der Waals surface area (Å²) in [7, 11) is 3.09. The molecule has 1 amide bonds. The summed E-state index contributed by atoms with van der Waals surface area (Å²) >= 11 is 0. The smallest absolute Gasteiger partial charge is 0.295 e. The van der Waals surface area contributed by atoms with Gasteiger partial charge in [-0.1, -0.05) is 66.7 Å². The van der Waals surface area contributed by atoms with Crippen LogP contribution in [0, 0.1) is 0 Å². The fourth-order valence-corrected chi connectivity index (χ4v) is 4.96. The van der Waals surface area contributed by atoms with E-state index in [1.807, 2.05) is 60.7 Å². The molecule has 0 bridgehead atoms. The van der Waals surface area contributed by atoms with Gasteiger partial charge in [0.2, 0.25) is 0 Å². The maximum Gasteiger partial charge on any atom is 0.295 e. The number of ether oxygens (including phenoxy) is 3. The number of amides is 1. The lowest BCUT2D eigenvalue weighted by Crippen LogP contribution is -2.31. The largest absolute Gasteiger partial charge is 0.507 e. The van der Waals surface area contributed by atoms with Crippen LogP contribution in [0.4, 0.5) is 0 Å². The van der Waals surface area contributed by atoms with Gasteiger partial charge < -0.3 is 24.2 Å². The van der Waals surface area contributed by atoms with Crippen LogP contribution in [0.15, 0.2) is 109 Å². The first-order chi connectivity index (χ1) is 20.0. The fourth-order valence-electron chi connectivity index (χ4n) is 4.96. The molecular weight excluding hydrogens is 518 g/mol. The van der Waals surface area contributed by atoms with Gasteiger partial charge in [0, 0.05) is 12.1 Å². The van der Waals surface area contributed by atoms with Gasteiger partial charge in [-0.15, -0.1) is 0 Å². The van der Waals surface area contributed by atoms with E-state index in [0.717, 1.165) is 11.1 Å². The van der Waals surface area contributed by atoms with Gasteiger partial charge in [-0.25, -0.2) is 0 Å². The number of carbonyl (C=O) groups is 2. The second-order valence-corrected chi connectivity index (χ2v) is 9.64. The second kappa shape index (κ2) is 12.4. The quantitative estimate of drug-likeness (QED) is 0.150. The van der Waals surface area contributed by atoms with Crippen molar-refractivity contribution in [2.75, 3.05) is 20.8 Å². The minimum atomic E-state index is -0.821. The highest BCUT2D eigenvalue weighted by atomic mass is 16.5. The minimum Gasteiger partial charge on any atom is -0.507 e. The SMILES string of the molecule is COc1ccc(/C(O)=C2\C(=O)C(=O)N(CCc3ccccc3)C2c2ccc(OCc3ccccc3)c(OC)c2)cc1. The molecule has 0 spiro atoms. The van der Waals surface area contributed by atoms with Crippen LogP contribution in [0.1, 0.15) is 28.3 Å². The third-order valence-corrected chi connectivity index (χ3v) is 7.13. The standard InChI is InChI=1S/C34H31NO6/c1-39-27-16-13-25(14-17-27)32(36)30-31(35(34(38)33(30)37)20-19-23-9-5-3-6-10-23)26-15-18-28(29(21-26)40-2)41-22-24-11-7-4-8-12-24/h3-18,21,31,36H,19-20,22H2,1-2H3/b32-30+. The van der Waals surface area contributed by atoms with E-state index in [1.165, 1.54) is 12.0 Å². The van der Waals surface area contributed by atoms with Crippen molar-refractivity contribution in [2.24, 2.45) is 0 Å². The number of nitrogens with zero attached hydrogens (tertiary/aromatic N) is 1. The van der Waals surface area contributed by atoms with Crippen molar-refractivity contribution in [3.63, 3.8) is 0 Å². The van der Waals surface area contributed by atoms with Crippen LogP contribution in [0.5, 0.6) is 17.2 Å². The van der Waals surface area contributed by atoms with E-state index in [9.17, 15) is 14.7 Å². The number of Topliss-reactive ketones (excluding diaryl/α,β-unsaturated/α-hetero) is 1. The molecule has 0 radical (unpaired) electrons. The number of benzene rings is 4. The first kappa shape index (κ1) is 27.5. The van der Waals surface area contributed by atoms with Crippen molar-refractivity contribution in [3.8, 4) is 17.2 Å². The van der Waals surface area contributed by atoms with E-state index < -0.39 is 17.7 Å². The molecule has 1 aliphatic rings. The maximum absolute atomic E-state index is 13.4. The molecule has 7 nitrogen and oxygen atoms in total. The van der Waals surface area contributed by atoms with E-state index in [2.05, 4.69) is 0 Å². The van der Waals surface area contributed by atoms with Gasteiger partial charge in [-0.2, -0.15) is 0 Å². The first-order valence-corrected chi connectivity index (χ1v) is 13.3. The van der Waals surface area contributed by atoms with Crippen molar-refractivity contribution in [3.05, 3.63) is 131 Å². The van der Waals surface area contributed by atoms with Crippen molar-refractivity contribution in [2.45, 2.75) is 19.1 Å². The summed E-state index contributed by atoms with van der Waals surface area (Å²) in [6.45, 7) is 0.636. The van der Waals surface area contributed by atoms with Gasteiger partial charge >= 0.3 is 0 Å². The Morgan fingerprint density at radius 1 is 0.780 bits per heavy atom. The summed E-state index contributed by atoms with van der Waals surface area (Å²) in [5.41, 5.74) is 3.09. The van der Waals surface area contributed by atoms with E-state index in [1.54, 1.807) is 49.6 Å². The fraction of sp³-hybridized carbons (Fsp3) is 0.176. The minimum absolute atomic E-state index is 0.0215. The molecule has 208 valence electrons.